The average molecular weight is 385 g/mol. The first-order valence-electron chi connectivity index (χ1n) is 8.96. The molecule has 2 bridgehead atoms. The van der Waals surface area contributed by atoms with Gasteiger partial charge in [-0.2, -0.15) is 0 Å². The average Bonchev–Trinajstić information content (AvgIpc) is 2.80. The Morgan fingerprint density at radius 2 is 1.87 bits per heavy atom. The summed E-state index contributed by atoms with van der Waals surface area (Å²) in [5, 5.41) is 3.15. The quantitative estimate of drug-likeness (QED) is 0.758. The lowest BCUT2D eigenvalue weighted by Crippen LogP contribution is -2.52. The van der Waals surface area contributed by atoms with Crippen molar-refractivity contribution in [3.05, 3.63) is 0 Å². The molecule has 2 saturated carbocycles. The molecule has 2 aliphatic carbocycles. The third-order valence-electron chi connectivity index (χ3n) is 7.29. The summed E-state index contributed by atoms with van der Waals surface area (Å²) in [6, 6.07) is 0. The Labute approximate surface area is 147 Å². The van der Waals surface area contributed by atoms with Crippen LogP contribution >= 0.6 is 15.9 Å². The molecule has 5 heteroatoms. The Morgan fingerprint density at radius 3 is 2.43 bits per heavy atom. The van der Waals surface area contributed by atoms with Crippen LogP contribution in [0.2, 0.25) is 0 Å². The van der Waals surface area contributed by atoms with Crippen LogP contribution in [0.3, 0.4) is 0 Å². The molecule has 1 heterocycles. The summed E-state index contributed by atoms with van der Waals surface area (Å²) in [5.74, 6) is 0.274. The standard InChI is InChI=1S/C18H29BrN2O2/c1-16(2)17(3)7-8-18(16,13(19)14(17)22)15(23)20-9-12-21-10-5-4-6-11-21/h13H,4-12H2,1-3H3,(H,20,23)/t13-,17+,18+/m1/s1. The zero-order valence-electron chi connectivity index (χ0n) is 14.6. The normalized spacial score (nSPS) is 39.7. The predicted octanol–water partition coefficient (Wildman–Crippen LogP) is 2.75. The lowest BCUT2D eigenvalue weighted by molar-refractivity contribution is -0.136. The van der Waals surface area contributed by atoms with Crippen molar-refractivity contribution < 1.29 is 9.59 Å². The van der Waals surface area contributed by atoms with E-state index < -0.39 is 5.41 Å². The van der Waals surface area contributed by atoms with Crippen LogP contribution in [0.15, 0.2) is 0 Å². The number of hydrogen-bond acceptors (Lipinski definition) is 3. The van der Waals surface area contributed by atoms with E-state index in [9.17, 15) is 9.59 Å². The highest BCUT2D eigenvalue weighted by Crippen LogP contribution is 2.72. The van der Waals surface area contributed by atoms with E-state index in [1.165, 1.54) is 19.3 Å². The Hall–Kier alpha value is -0.420. The fraction of sp³-hybridized carbons (Fsp3) is 0.889. The number of amides is 1. The first-order chi connectivity index (χ1) is 10.8. The Kier molecular flexibility index (Phi) is 4.41. The van der Waals surface area contributed by atoms with Crippen LogP contribution in [-0.4, -0.2) is 47.6 Å². The minimum Gasteiger partial charge on any atom is -0.354 e. The maximum absolute atomic E-state index is 13.1. The number of carbonyl (C=O) groups excluding carboxylic acids is 2. The molecule has 0 radical (unpaired) electrons. The molecule has 1 saturated heterocycles. The van der Waals surface area contributed by atoms with Gasteiger partial charge in [0.25, 0.3) is 0 Å². The number of ketones is 1. The van der Waals surface area contributed by atoms with E-state index in [4.69, 9.17) is 0 Å². The number of Topliss-reactive ketones (excluding diaryl/α,β-unsaturated/α-hetero) is 1. The fourth-order valence-electron chi connectivity index (χ4n) is 5.12. The molecular weight excluding hydrogens is 356 g/mol. The number of fused-ring (bicyclic) bond motifs is 2. The van der Waals surface area contributed by atoms with Gasteiger partial charge in [0.2, 0.25) is 5.91 Å². The molecule has 1 aliphatic heterocycles. The van der Waals surface area contributed by atoms with Crippen molar-refractivity contribution in [1.82, 2.24) is 10.2 Å². The number of alkyl halides is 1. The molecule has 0 aromatic rings. The van der Waals surface area contributed by atoms with Gasteiger partial charge in [0.1, 0.15) is 0 Å². The molecule has 0 unspecified atom stereocenters. The number of likely N-dealkylation sites (tertiary alicyclic amines) is 1. The fourth-order valence-corrected chi connectivity index (χ4v) is 6.64. The van der Waals surface area contributed by atoms with Gasteiger partial charge in [-0.1, -0.05) is 43.1 Å². The summed E-state index contributed by atoms with van der Waals surface area (Å²) in [7, 11) is 0. The molecule has 3 fully saturated rings. The minimum atomic E-state index is -0.596. The van der Waals surface area contributed by atoms with Crippen molar-refractivity contribution in [2.24, 2.45) is 16.2 Å². The Morgan fingerprint density at radius 1 is 1.22 bits per heavy atom. The number of hydrogen-bond donors (Lipinski definition) is 1. The van der Waals surface area contributed by atoms with Gasteiger partial charge >= 0.3 is 0 Å². The van der Waals surface area contributed by atoms with Gasteiger partial charge in [-0.05, 0) is 44.2 Å². The van der Waals surface area contributed by atoms with Crippen LogP contribution in [0.1, 0.15) is 52.9 Å². The van der Waals surface area contributed by atoms with Crippen LogP contribution in [0.4, 0.5) is 0 Å². The molecule has 0 aromatic heterocycles. The number of nitrogens with one attached hydrogen (secondary N) is 1. The van der Waals surface area contributed by atoms with Crippen molar-refractivity contribution in [1.29, 1.82) is 0 Å². The van der Waals surface area contributed by atoms with Gasteiger partial charge in [0.15, 0.2) is 5.78 Å². The van der Waals surface area contributed by atoms with E-state index in [0.29, 0.717) is 6.54 Å². The summed E-state index contributed by atoms with van der Waals surface area (Å²) in [5.41, 5.74) is -1.29. The molecule has 23 heavy (non-hydrogen) atoms. The van der Waals surface area contributed by atoms with Crippen LogP contribution in [-0.2, 0) is 9.59 Å². The second-order valence-corrected chi connectivity index (χ2v) is 9.23. The van der Waals surface area contributed by atoms with Gasteiger partial charge < -0.3 is 10.2 Å². The van der Waals surface area contributed by atoms with E-state index >= 15 is 0 Å². The number of halogens is 1. The molecule has 4 nitrogen and oxygen atoms in total. The Balaban J connectivity index is 1.67. The molecule has 0 aromatic carbocycles. The van der Waals surface area contributed by atoms with Gasteiger partial charge in [0, 0.05) is 18.5 Å². The molecule has 3 rings (SSSR count). The van der Waals surface area contributed by atoms with Crippen molar-refractivity contribution in [2.75, 3.05) is 26.2 Å². The highest BCUT2D eigenvalue weighted by molar-refractivity contribution is 9.10. The van der Waals surface area contributed by atoms with E-state index in [-0.39, 0.29) is 27.3 Å². The minimum absolute atomic E-state index is 0.0657. The van der Waals surface area contributed by atoms with Crippen LogP contribution < -0.4 is 5.32 Å². The molecular formula is C18H29BrN2O2. The largest absolute Gasteiger partial charge is 0.354 e. The summed E-state index contributed by atoms with van der Waals surface area (Å²) >= 11 is 3.58. The van der Waals surface area contributed by atoms with Crippen LogP contribution in [0.5, 0.6) is 0 Å². The van der Waals surface area contributed by atoms with Crippen molar-refractivity contribution in [2.45, 2.75) is 57.7 Å². The topological polar surface area (TPSA) is 49.4 Å². The number of piperidine rings is 1. The maximum atomic E-state index is 13.1. The summed E-state index contributed by atoms with van der Waals surface area (Å²) in [6.07, 6.45) is 5.47. The molecule has 0 spiro atoms. The first kappa shape index (κ1) is 17.4. The van der Waals surface area contributed by atoms with Crippen molar-refractivity contribution in [3.63, 3.8) is 0 Å². The maximum Gasteiger partial charge on any atom is 0.228 e. The van der Waals surface area contributed by atoms with E-state index in [0.717, 1.165) is 32.5 Å². The second-order valence-electron chi connectivity index (χ2n) is 8.31. The molecule has 3 atom stereocenters. The Bertz CT molecular complexity index is 515. The molecule has 3 aliphatic rings. The van der Waals surface area contributed by atoms with E-state index in [1.807, 2.05) is 6.92 Å². The van der Waals surface area contributed by atoms with Gasteiger partial charge in [0.05, 0.1) is 10.2 Å². The summed E-state index contributed by atoms with van der Waals surface area (Å²) in [6.45, 7) is 10.1. The van der Waals surface area contributed by atoms with E-state index in [2.05, 4.69) is 40.0 Å². The van der Waals surface area contributed by atoms with Crippen molar-refractivity contribution in [3.8, 4) is 0 Å². The summed E-state index contributed by atoms with van der Waals surface area (Å²) < 4.78 is 0. The highest BCUT2D eigenvalue weighted by Gasteiger charge is 2.76. The number of nitrogens with zero attached hydrogens (tertiary/aromatic N) is 1. The summed E-state index contributed by atoms with van der Waals surface area (Å²) in [4.78, 5) is 27.8. The molecule has 1 amide bonds. The monoisotopic (exact) mass is 384 g/mol. The molecule has 1 N–H and O–H groups in total. The first-order valence-corrected chi connectivity index (χ1v) is 9.88. The third kappa shape index (κ3) is 2.25. The van der Waals surface area contributed by atoms with Crippen molar-refractivity contribution >= 4 is 27.6 Å². The van der Waals surface area contributed by atoms with E-state index in [1.54, 1.807) is 0 Å². The van der Waals surface area contributed by atoms with Crippen LogP contribution in [0.25, 0.3) is 0 Å². The third-order valence-corrected chi connectivity index (χ3v) is 8.49. The smallest absolute Gasteiger partial charge is 0.228 e. The lowest BCUT2D eigenvalue weighted by atomic mass is 9.64. The van der Waals surface area contributed by atoms with Gasteiger partial charge in [-0.15, -0.1) is 0 Å². The lowest BCUT2D eigenvalue weighted by Gasteiger charge is -2.39. The number of rotatable bonds is 4. The number of carbonyl (C=O) groups is 2. The SMILES string of the molecule is CC1(C)[C@@]2(C)CC[C@@]1(C(=O)NCCN1CCCCC1)[C@H](Br)C2=O. The zero-order valence-corrected chi connectivity index (χ0v) is 16.2. The predicted molar refractivity (Wildman–Crippen MR) is 94.6 cm³/mol. The second kappa shape index (κ2) is 5.83. The zero-order chi connectivity index (χ0) is 16.9. The van der Waals surface area contributed by atoms with Gasteiger partial charge in [-0.3, -0.25) is 9.59 Å². The van der Waals surface area contributed by atoms with Gasteiger partial charge in [-0.25, -0.2) is 0 Å². The highest BCUT2D eigenvalue weighted by atomic mass is 79.9. The van der Waals surface area contributed by atoms with Crippen LogP contribution in [0, 0.1) is 16.2 Å². The molecule has 130 valence electrons.